The molecule has 0 saturated carbocycles. The van der Waals surface area contributed by atoms with E-state index in [9.17, 15) is 9.59 Å². The van der Waals surface area contributed by atoms with E-state index in [-0.39, 0.29) is 11.7 Å². The normalized spacial score (nSPS) is 10.4. The van der Waals surface area contributed by atoms with E-state index in [0.29, 0.717) is 30.0 Å². The van der Waals surface area contributed by atoms with E-state index >= 15 is 0 Å². The second-order valence-electron chi connectivity index (χ2n) is 6.49. The zero-order chi connectivity index (χ0) is 19.9. The minimum Gasteiger partial charge on any atom is -0.340 e. The van der Waals surface area contributed by atoms with Gasteiger partial charge in [0.2, 0.25) is 0 Å². The maximum atomic E-state index is 12.9. The quantitative estimate of drug-likeness (QED) is 0.610. The van der Waals surface area contributed by atoms with Gasteiger partial charge in [0.05, 0.1) is 0 Å². The molecule has 0 atom stereocenters. The van der Waals surface area contributed by atoms with Crippen LogP contribution >= 0.6 is 0 Å². The van der Waals surface area contributed by atoms with Crippen molar-refractivity contribution in [2.24, 2.45) is 0 Å². The molecule has 1 aromatic heterocycles. The van der Waals surface area contributed by atoms with Crippen LogP contribution in [0.5, 0.6) is 0 Å². The largest absolute Gasteiger partial charge is 0.340 e. The smallest absolute Gasteiger partial charge is 0.254 e. The highest BCUT2D eigenvalue weighted by Gasteiger charge is 2.15. The average Bonchev–Trinajstić information content (AvgIpc) is 2.73. The molecule has 1 amide bonds. The molecule has 0 aliphatic rings. The fraction of sp³-hybridized carbons (Fsp3) is 0.174. The highest BCUT2D eigenvalue weighted by molar-refractivity contribution is 5.95. The van der Waals surface area contributed by atoms with Gasteiger partial charge in [0, 0.05) is 36.1 Å². The number of anilines is 2. The van der Waals surface area contributed by atoms with Gasteiger partial charge in [0.25, 0.3) is 5.91 Å². The Kier molecular flexibility index (Phi) is 6.17. The SMILES string of the molecule is CCN(Cc1ccccc1)C(=O)c1ccnc(Nc2ccc(C(C)=O)cc2)c1. The van der Waals surface area contributed by atoms with Crippen LogP contribution in [-0.2, 0) is 6.54 Å². The van der Waals surface area contributed by atoms with Gasteiger partial charge in [-0.25, -0.2) is 4.98 Å². The van der Waals surface area contributed by atoms with Gasteiger partial charge in [-0.05, 0) is 55.8 Å². The lowest BCUT2D eigenvalue weighted by molar-refractivity contribution is 0.0752. The molecule has 0 unspecified atom stereocenters. The Hall–Kier alpha value is -3.47. The Balaban J connectivity index is 1.74. The van der Waals surface area contributed by atoms with Gasteiger partial charge < -0.3 is 10.2 Å². The van der Waals surface area contributed by atoms with Crippen molar-refractivity contribution in [1.82, 2.24) is 9.88 Å². The number of hydrogen-bond acceptors (Lipinski definition) is 4. The van der Waals surface area contributed by atoms with E-state index < -0.39 is 0 Å². The van der Waals surface area contributed by atoms with Crippen molar-refractivity contribution >= 4 is 23.2 Å². The molecule has 5 nitrogen and oxygen atoms in total. The minimum atomic E-state index is -0.0382. The highest BCUT2D eigenvalue weighted by Crippen LogP contribution is 2.18. The number of carbonyl (C=O) groups is 2. The Bertz CT molecular complexity index is 953. The Labute approximate surface area is 165 Å². The van der Waals surface area contributed by atoms with Crippen molar-refractivity contribution < 1.29 is 9.59 Å². The first-order chi connectivity index (χ1) is 13.6. The van der Waals surface area contributed by atoms with Gasteiger partial charge in [-0.1, -0.05) is 30.3 Å². The lowest BCUT2D eigenvalue weighted by Crippen LogP contribution is -2.30. The number of amides is 1. The first-order valence-electron chi connectivity index (χ1n) is 9.24. The van der Waals surface area contributed by atoms with Crippen molar-refractivity contribution in [2.45, 2.75) is 20.4 Å². The first-order valence-corrected chi connectivity index (χ1v) is 9.24. The van der Waals surface area contributed by atoms with Crippen molar-refractivity contribution in [1.29, 1.82) is 0 Å². The van der Waals surface area contributed by atoms with Crippen LogP contribution in [0.15, 0.2) is 72.9 Å². The molecule has 1 heterocycles. The summed E-state index contributed by atoms with van der Waals surface area (Å²) in [5.41, 5.74) is 3.13. The topological polar surface area (TPSA) is 62.3 Å². The number of rotatable bonds is 7. The number of carbonyl (C=O) groups excluding carboxylic acids is 2. The van der Waals surface area contributed by atoms with Crippen LogP contribution in [0.2, 0.25) is 0 Å². The molecular weight excluding hydrogens is 350 g/mol. The van der Waals surface area contributed by atoms with Gasteiger partial charge in [-0.15, -0.1) is 0 Å². The average molecular weight is 373 g/mol. The number of ketones is 1. The predicted molar refractivity (Wildman–Crippen MR) is 111 cm³/mol. The molecule has 0 aliphatic carbocycles. The molecule has 0 radical (unpaired) electrons. The van der Waals surface area contributed by atoms with Crippen LogP contribution in [0.4, 0.5) is 11.5 Å². The van der Waals surface area contributed by atoms with Gasteiger partial charge >= 0.3 is 0 Å². The van der Waals surface area contributed by atoms with Crippen molar-refractivity contribution in [3.05, 3.63) is 89.6 Å². The number of pyridine rings is 1. The molecule has 0 bridgehead atoms. The summed E-state index contributed by atoms with van der Waals surface area (Å²) >= 11 is 0. The molecule has 3 aromatic rings. The summed E-state index contributed by atoms with van der Waals surface area (Å²) in [5.74, 6) is 0.566. The second-order valence-corrected chi connectivity index (χ2v) is 6.49. The molecular formula is C23H23N3O2. The van der Waals surface area contributed by atoms with Crippen LogP contribution in [0.3, 0.4) is 0 Å². The van der Waals surface area contributed by atoms with Crippen LogP contribution in [-0.4, -0.2) is 28.1 Å². The van der Waals surface area contributed by atoms with E-state index in [2.05, 4.69) is 10.3 Å². The third kappa shape index (κ3) is 4.82. The van der Waals surface area contributed by atoms with Crippen LogP contribution in [0.25, 0.3) is 0 Å². The zero-order valence-corrected chi connectivity index (χ0v) is 16.1. The molecule has 0 saturated heterocycles. The molecule has 5 heteroatoms. The van der Waals surface area contributed by atoms with Crippen LogP contribution in [0.1, 0.15) is 40.1 Å². The van der Waals surface area contributed by atoms with E-state index in [1.807, 2.05) is 49.4 Å². The number of nitrogens with zero attached hydrogens (tertiary/aromatic N) is 2. The summed E-state index contributed by atoms with van der Waals surface area (Å²) in [5, 5.41) is 3.18. The fourth-order valence-corrected chi connectivity index (χ4v) is 2.88. The van der Waals surface area contributed by atoms with E-state index in [0.717, 1.165) is 11.3 Å². The van der Waals surface area contributed by atoms with Gasteiger partial charge in [0.1, 0.15) is 5.82 Å². The van der Waals surface area contributed by atoms with E-state index in [1.54, 1.807) is 35.4 Å². The summed E-state index contributed by atoms with van der Waals surface area (Å²) in [6.45, 7) is 4.69. The molecule has 0 spiro atoms. The summed E-state index contributed by atoms with van der Waals surface area (Å²) in [6.07, 6.45) is 1.62. The molecule has 0 aliphatic heterocycles. The Morgan fingerprint density at radius 1 is 0.964 bits per heavy atom. The summed E-state index contributed by atoms with van der Waals surface area (Å²) in [7, 11) is 0. The number of benzene rings is 2. The first kappa shape index (κ1) is 19.3. The maximum Gasteiger partial charge on any atom is 0.254 e. The number of Topliss-reactive ketones (excluding diaryl/α,β-unsaturated/α-hetero) is 1. The number of nitrogens with one attached hydrogen (secondary N) is 1. The van der Waals surface area contributed by atoms with Crippen LogP contribution < -0.4 is 5.32 Å². The van der Waals surface area contributed by atoms with Crippen molar-refractivity contribution in [3.8, 4) is 0 Å². The zero-order valence-electron chi connectivity index (χ0n) is 16.1. The summed E-state index contributed by atoms with van der Waals surface area (Å²) in [4.78, 5) is 30.4. The molecule has 2 aromatic carbocycles. The lowest BCUT2D eigenvalue weighted by Gasteiger charge is -2.21. The minimum absolute atomic E-state index is 0.0235. The Morgan fingerprint density at radius 3 is 2.32 bits per heavy atom. The predicted octanol–water partition coefficient (Wildman–Crippen LogP) is 4.69. The van der Waals surface area contributed by atoms with Crippen molar-refractivity contribution in [2.75, 3.05) is 11.9 Å². The van der Waals surface area contributed by atoms with Crippen molar-refractivity contribution in [3.63, 3.8) is 0 Å². The maximum absolute atomic E-state index is 12.9. The summed E-state index contributed by atoms with van der Waals surface area (Å²) in [6, 6.07) is 20.6. The lowest BCUT2D eigenvalue weighted by atomic mass is 10.1. The van der Waals surface area contributed by atoms with Crippen LogP contribution in [0, 0.1) is 0 Å². The molecule has 142 valence electrons. The third-order valence-corrected chi connectivity index (χ3v) is 4.46. The molecule has 28 heavy (non-hydrogen) atoms. The third-order valence-electron chi connectivity index (χ3n) is 4.46. The fourth-order valence-electron chi connectivity index (χ4n) is 2.88. The monoisotopic (exact) mass is 373 g/mol. The summed E-state index contributed by atoms with van der Waals surface area (Å²) < 4.78 is 0. The Morgan fingerprint density at radius 2 is 1.68 bits per heavy atom. The number of hydrogen-bond donors (Lipinski definition) is 1. The van der Waals surface area contributed by atoms with Gasteiger partial charge in [-0.3, -0.25) is 9.59 Å². The highest BCUT2D eigenvalue weighted by atomic mass is 16.2. The van der Waals surface area contributed by atoms with Gasteiger partial charge in [-0.2, -0.15) is 0 Å². The standard InChI is InChI=1S/C23H23N3O2/c1-3-26(16-18-7-5-4-6-8-18)23(28)20-13-14-24-22(15-20)25-21-11-9-19(10-12-21)17(2)27/h4-15H,3,16H2,1-2H3,(H,24,25). The van der Waals surface area contributed by atoms with E-state index in [1.165, 1.54) is 6.92 Å². The molecule has 3 rings (SSSR count). The number of aromatic nitrogens is 1. The van der Waals surface area contributed by atoms with Gasteiger partial charge in [0.15, 0.2) is 5.78 Å². The molecule has 0 fully saturated rings. The second kappa shape index (κ2) is 8.95. The molecule has 1 N–H and O–H groups in total. The van der Waals surface area contributed by atoms with E-state index in [4.69, 9.17) is 0 Å².